The first-order valence-corrected chi connectivity index (χ1v) is 8.94. The molecule has 3 aromatic carbocycles. The molecule has 2 nitrogen and oxygen atoms in total. The Hall–Kier alpha value is -3.13. The van der Waals surface area contributed by atoms with E-state index < -0.39 is 0 Å². The van der Waals surface area contributed by atoms with Gasteiger partial charge in [0.25, 0.3) is 0 Å². The summed E-state index contributed by atoms with van der Waals surface area (Å²) < 4.78 is 0. The van der Waals surface area contributed by atoms with E-state index in [1.54, 1.807) is 0 Å². The summed E-state index contributed by atoms with van der Waals surface area (Å²) in [6.07, 6.45) is 2.77. The van der Waals surface area contributed by atoms with Crippen LogP contribution in [0.1, 0.15) is 34.9 Å². The Morgan fingerprint density at radius 2 is 1.23 bits per heavy atom. The van der Waals surface area contributed by atoms with Crippen molar-refractivity contribution < 1.29 is 5.21 Å². The van der Waals surface area contributed by atoms with E-state index in [1.165, 1.54) is 22.3 Å². The third-order valence-electron chi connectivity index (χ3n) is 5.11. The van der Waals surface area contributed by atoms with E-state index in [0.29, 0.717) is 0 Å². The Balaban J connectivity index is 1.90. The highest BCUT2D eigenvalue weighted by atomic mass is 16.4. The van der Waals surface area contributed by atoms with E-state index in [0.717, 1.165) is 12.1 Å². The standard InChI is InChI=1S/C24H21NO/c26-25-21-16-22(18-10-4-1-5-11-18)24(20-14-8-3-9-15-20)23(17-21)19-12-6-2-7-13-19/h1-16,23-24,26H,17H2/b25-21+. The maximum Gasteiger partial charge on any atom is 0.0805 e. The molecule has 2 heteroatoms. The summed E-state index contributed by atoms with van der Waals surface area (Å²) in [5.41, 5.74) is 5.65. The normalized spacial score (nSPS) is 21.4. The number of rotatable bonds is 3. The van der Waals surface area contributed by atoms with Gasteiger partial charge in [0.15, 0.2) is 0 Å². The summed E-state index contributed by atoms with van der Waals surface area (Å²) in [5, 5.41) is 13.1. The van der Waals surface area contributed by atoms with Crippen molar-refractivity contribution in [1.29, 1.82) is 0 Å². The van der Waals surface area contributed by atoms with Gasteiger partial charge in [-0.15, -0.1) is 0 Å². The van der Waals surface area contributed by atoms with Crippen LogP contribution in [0.2, 0.25) is 0 Å². The average Bonchev–Trinajstić information content (AvgIpc) is 2.74. The van der Waals surface area contributed by atoms with Gasteiger partial charge >= 0.3 is 0 Å². The Morgan fingerprint density at radius 3 is 1.81 bits per heavy atom. The number of nitrogens with zero attached hydrogens (tertiary/aromatic N) is 1. The molecule has 0 saturated heterocycles. The number of oxime groups is 1. The molecule has 0 amide bonds. The molecule has 4 rings (SSSR count). The SMILES string of the molecule is O/N=C1\C=C(c2ccccc2)C(c2ccccc2)C(c2ccccc2)C1. The van der Waals surface area contributed by atoms with Crippen molar-refractivity contribution in [2.45, 2.75) is 18.3 Å². The second-order valence-electron chi connectivity index (χ2n) is 6.67. The van der Waals surface area contributed by atoms with Gasteiger partial charge in [-0.25, -0.2) is 0 Å². The Labute approximate surface area is 154 Å². The Kier molecular flexibility index (Phi) is 4.65. The first-order valence-electron chi connectivity index (χ1n) is 8.94. The smallest absolute Gasteiger partial charge is 0.0805 e. The molecule has 0 heterocycles. The van der Waals surface area contributed by atoms with E-state index >= 15 is 0 Å². The quantitative estimate of drug-likeness (QED) is 0.469. The van der Waals surface area contributed by atoms with Gasteiger partial charge in [0.05, 0.1) is 5.71 Å². The van der Waals surface area contributed by atoms with Gasteiger partial charge in [0, 0.05) is 18.3 Å². The molecule has 0 fully saturated rings. The van der Waals surface area contributed by atoms with Gasteiger partial charge in [0.1, 0.15) is 0 Å². The van der Waals surface area contributed by atoms with Crippen LogP contribution in [-0.2, 0) is 0 Å². The highest BCUT2D eigenvalue weighted by Crippen LogP contribution is 2.47. The first kappa shape index (κ1) is 16.3. The lowest BCUT2D eigenvalue weighted by atomic mass is 9.69. The zero-order chi connectivity index (χ0) is 17.8. The zero-order valence-corrected chi connectivity index (χ0v) is 14.5. The molecule has 0 spiro atoms. The van der Waals surface area contributed by atoms with Crippen LogP contribution >= 0.6 is 0 Å². The van der Waals surface area contributed by atoms with E-state index in [4.69, 9.17) is 0 Å². The van der Waals surface area contributed by atoms with Crippen LogP contribution in [-0.4, -0.2) is 10.9 Å². The summed E-state index contributed by atoms with van der Waals surface area (Å²) in [7, 11) is 0. The summed E-state index contributed by atoms with van der Waals surface area (Å²) in [5.74, 6) is 0.441. The molecule has 1 aliphatic rings. The molecule has 128 valence electrons. The van der Waals surface area contributed by atoms with Crippen LogP contribution in [0.25, 0.3) is 5.57 Å². The molecule has 0 radical (unpaired) electrons. The van der Waals surface area contributed by atoms with Gasteiger partial charge in [-0.1, -0.05) is 96.2 Å². The van der Waals surface area contributed by atoms with Crippen molar-refractivity contribution in [1.82, 2.24) is 0 Å². The van der Waals surface area contributed by atoms with E-state index in [-0.39, 0.29) is 11.8 Å². The third kappa shape index (κ3) is 3.18. The molecule has 1 aliphatic carbocycles. The highest BCUT2D eigenvalue weighted by molar-refractivity contribution is 6.04. The van der Waals surface area contributed by atoms with Gasteiger partial charge in [-0.05, 0) is 28.3 Å². The minimum Gasteiger partial charge on any atom is -0.411 e. The Morgan fingerprint density at radius 1 is 0.692 bits per heavy atom. The maximum absolute atomic E-state index is 9.52. The van der Waals surface area contributed by atoms with Crippen molar-refractivity contribution in [2.75, 3.05) is 0 Å². The van der Waals surface area contributed by atoms with Crippen molar-refractivity contribution in [3.8, 4) is 0 Å². The lowest BCUT2D eigenvalue weighted by molar-refractivity contribution is 0.317. The van der Waals surface area contributed by atoms with Crippen LogP contribution in [0.3, 0.4) is 0 Å². The molecular formula is C24H21NO. The van der Waals surface area contributed by atoms with E-state index in [1.807, 2.05) is 18.2 Å². The second-order valence-corrected chi connectivity index (χ2v) is 6.67. The maximum atomic E-state index is 9.52. The molecule has 1 N–H and O–H groups in total. The van der Waals surface area contributed by atoms with Gasteiger partial charge < -0.3 is 5.21 Å². The van der Waals surface area contributed by atoms with Gasteiger partial charge in [0.2, 0.25) is 0 Å². The average molecular weight is 339 g/mol. The van der Waals surface area contributed by atoms with Crippen molar-refractivity contribution in [3.05, 3.63) is 114 Å². The molecule has 26 heavy (non-hydrogen) atoms. The van der Waals surface area contributed by atoms with Crippen LogP contribution in [0.15, 0.2) is 102 Å². The number of hydrogen-bond acceptors (Lipinski definition) is 2. The van der Waals surface area contributed by atoms with Crippen molar-refractivity contribution in [2.24, 2.45) is 5.16 Å². The highest BCUT2D eigenvalue weighted by Gasteiger charge is 2.33. The van der Waals surface area contributed by atoms with Gasteiger partial charge in [-0.3, -0.25) is 0 Å². The molecule has 2 unspecified atom stereocenters. The largest absolute Gasteiger partial charge is 0.411 e. The summed E-state index contributed by atoms with van der Waals surface area (Å²) in [6.45, 7) is 0. The summed E-state index contributed by atoms with van der Waals surface area (Å²) >= 11 is 0. The monoisotopic (exact) mass is 339 g/mol. The fourth-order valence-corrected chi connectivity index (χ4v) is 3.93. The van der Waals surface area contributed by atoms with E-state index in [9.17, 15) is 5.21 Å². The van der Waals surface area contributed by atoms with Crippen LogP contribution in [0.4, 0.5) is 0 Å². The van der Waals surface area contributed by atoms with Crippen LogP contribution < -0.4 is 0 Å². The van der Waals surface area contributed by atoms with E-state index in [2.05, 4.69) is 84.0 Å². The lowest BCUT2D eigenvalue weighted by Crippen LogP contribution is -2.22. The fraction of sp³-hybridized carbons (Fsp3) is 0.125. The molecule has 0 aromatic heterocycles. The lowest BCUT2D eigenvalue weighted by Gasteiger charge is -2.34. The minimum absolute atomic E-state index is 0.214. The van der Waals surface area contributed by atoms with Crippen LogP contribution in [0, 0.1) is 0 Å². The van der Waals surface area contributed by atoms with Gasteiger partial charge in [-0.2, -0.15) is 0 Å². The predicted molar refractivity (Wildman–Crippen MR) is 107 cm³/mol. The molecule has 2 atom stereocenters. The van der Waals surface area contributed by atoms with Crippen LogP contribution in [0.5, 0.6) is 0 Å². The molecule has 0 aliphatic heterocycles. The molecular weight excluding hydrogens is 318 g/mol. The summed E-state index contributed by atoms with van der Waals surface area (Å²) in [6, 6.07) is 31.6. The topological polar surface area (TPSA) is 32.6 Å². The molecule has 0 saturated carbocycles. The number of hydrogen-bond donors (Lipinski definition) is 1. The fourth-order valence-electron chi connectivity index (χ4n) is 3.93. The number of allylic oxidation sites excluding steroid dienone is 2. The van der Waals surface area contributed by atoms with Crippen molar-refractivity contribution in [3.63, 3.8) is 0 Å². The van der Waals surface area contributed by atoms with Crippen molar-refractivity contribution >= 4 is 11.3 Å². The minimum atomic E-state index is 0.214. The third-order valence-corrected chi connectivity index (χ3v) is 5.11. The molecule has 3 aromatic rings. The number of benzene rings is 3. The predicted octanol–water partition coefficient (Wildman–Crippen LogP) is 5.87. The Bertz CT molecular complexity index is 914. The first-order chi connectivity index (χ1) is 12.9. The second kappa shape index (κ2) is 7.40. The molecule has 0 bridgehead atoms. The summed E-state index contributed by atoms with van der Waals surface area (Å²) in [4.78, 5) is 0. The zero-order valence-electron chi connectivity index (χ0n) is 14.5.